The van der Waals surface area contributed by atoms with Crippen LogP contribution in [0.15, 0.2) is 23.1 Å². The number of hydrogen-bond acceptors (Lipinski definition) is 7. The van der Waals surface area contributed by atoms with Gasteiger partial charge in [0.2, 0.25) is 15.2 Å². The van der Waals surface area contributed by atoms with Gasteiger partial charge >= 0.3 is 0 Å². The van der Waals surface area contributed by atoms with Gasteiger partial charge in [0.15, 0.2) is 0 Å². The van der Waals surface area contributed by atoms with Crippen molar-refractivity contribution in [3.8, 4) is 0 Å². The molecule has 1 saturated carbocycles. The van der Waals surface area contributed by atoms with Crippen molar-refractivity contribution in [3.63, 3.8) is 0 Å². The quantitative estimate of drug-likeness (QED) is 0.804. The highest BCUT2D eigenvalue weighted by molar-refractivity contribution is 7.89. The fourth-order valence-electron chi connectivity index (χ4n) is 2.72. The van der Waals surface area contributed by atoms with Gasteiger partial charge in [0.05, 0.1) is 23.7 Å². The van der Waals surface area contributed by atoms with Crippen molar-refractivity contribution in [2.45, 2.75) is 23.7 Å². The van der Waals surface area contributed by atoms with E-state index in [1.54, 1.807) is 0 Å². The lowest BCUT2D eigenvalue weighted by atomic mass is 10.2. The molecule has 0 bridgehead atoms. The average Bonchev–Trinajstić information content (AvgIpc) is 3.42. The highest BCUT2D eigenvalue weighted by Crippen LogP contribution is 2.42. The summed E-state index contributed by atoms with van der Waals surface area (Å²) in [5, 5.41) is 11.5. The van der Waals surface area contributed by atoms with Crippen LogP contribution in [0.5, 0.6) is 0 Å². The monoisotopic (exact) mass is 412 g/mol. The number of anilines is 1. The fraction of sp³-hybridized carbons (Fsp3) is 0.438. The number of ether oxygens (including phenoxy) is 1. The summed E-state index contributed by atoms with van der Waals surface area (Å²) in [6.45, 7) is 1.04. The summed E-state index contributed by atoms with van der Waals surface area (Å²) in [4.78, 5) is 12.3. The van der Waals surface area contributed by atoms with Crippen molar-refractivity contribution in [2.75, 3.05) is 31.6 Å². The number of morpholine rings is 1. The number of nitrogens with zero attached hydrogens (tertiary/aromatic N) is 3. The van der Waals surface area contributed by atoms with E-state index in [2.05, 4.69) is 15.5 Å². The molecule has 2 fully saturated rings. The van der Waals surface area contributed by atoms with Crippen LogP contribution < -0.4 is 5.32 Å². The molecule has 27 heavy (non-hydrogen) atoms. The van der Waals surface area contributed by atoms with Crippen LogP contribution in [0.25, 0.3) is 0 Å². The third-order valence-corrected chi connectivity index (χ3v) is 7.27. The maximum atomic E-state index is 14.2. The van der Waals surface area contributed by atoms with Gasteiger partial charge in [0, 0.05) is 19.0 Å². The Labute approximate surface area is 159 Å². The van der Waals surface area contributed by atoms with Crippen molar-refractivity contribution in [2.24, 2.45) is 0 Å². The number of carbonyl (C=O) groups excluding carboxylic acids is 1. The van der Waals surface area contributed by atoms with Crippen LogP contribution >= 0.6 is 11.3 Å². The molecule has 11 heteroatoms. The van der Waals surface area contributed by atoms with Crippen LogP contribution in [0.4, 0.5) is 9.52 Å². The van der Waals surface area contributed by atoms with Crippen LogP contribution in [-0.2, 0) is 14.8 Å². The second kappa shape index (κ2) is 7.23. The molecule has 2 aliphatic rings. The first-order valence-electron chi connectivity index (χ1n) is 8.47. The molecule has 1 N–H and O–H groups in total. The number of rotatable bonds is 5. The van der Waals surface area contributed by atoms with Gasteiger partial charge in [0.25, 0.3) is 5.91 Å². The molecule has 2 aromatic rings. The fourth-order valence-corrected chi connectivity index (χ4v) is 5.06. The van der Waals surface area contributed by atoms with Crippen molar-refractivity contribution in [3.05, 3.63) is 34.6 Å². The van der Waals surface area contributed by atoms with Crippen LogP contribution in [-0.4, -0.2) is 55.1 Å². The minimum absolute atomic E-state index is 0.133. The molecule has 4 rings (SSSR count). The average molecular weight is 412 g/mol. The van der Waals surface area contributed by atoms with E-state index in [0.29, 0.717) is 19.1 Å². The van der Waals surface area contributed by atoms with E-state index in [1.807, 2.05) is 0 Å². The Morgan fingerprint density at radius 2 is 2.00 bits per heavy atom. The van der Waals surface area contributed by atoms with Crippen molar-refractivity contribution >= 4 is 32.4 Å². The Hall–Kier alpha value is -1.95. The van der Waals surface area contributed by atoms with Gasteiger partial charge in [0.1, 0.15) is 10.8 Å². The third kappa shape index (κ3) is 3.86. The summed E-state index contributed by atoms with van der Waals surface area (Å²) in [6.07, 6.45) is 2.11. The number of nitrogens with one attached hydrogen (secondary N) is 1. The van der Waals surface area contributed by atoms with Crippen LogP contribution in [0.3, 0.4) is 0 Å². The zero-order valence-electron chi connectivity index (χ0n) is 14.2. The first-order valence-corrected chi connectivity index (χ1v) is 10.7. The summed E-state index contributed by atoms with van der Waals surface area (Å²) in [5.74, 6) is -1.17. The van der Waals surface area contributed by atoms with E-state index in [4.69, 9.17) is 4.74 Å². The van der Waals surface area contributed by atoms with Crippen LogP contribution in [0.2, 0.25) is 0 Å². The zero-order chi connectivity index (χ0) is 19.0. The highest BCUT2D eigenvalue weighted by atomic mass is 32.2. The Bertz CT molecular complexity index is 969. The van der Waals surface area contributed by atoms with Gasteiger partial charge in [-0.1, -0.05) is 11.3 Å². The highest BCUT2D eigenvalue weighted by Gasteiger charge is 2.29. The van der Waals surface area contributed by atoms with Crippen molar-refractivity contribution in [1.82, 2.24) is 14.5 Å². The van der Waals surface area contributed by atoms with E-state index in [1.165, 1.54) is 15.6 Å². The zero-order valence-corrected chi connectivity index (χ0v) is 15.9. The first-order chi connectivity index (χ1) is 12.9. The number of halogens is 1. The van der Waals surface area contributed by atoms with E-state index in [9.17, 15) is 17.6 Å². The number of sulfonamides is 1. The SMILES string of the molecule is O=C(Nc1nnc(C2CC2)s1)c1cc(S(=O)(=O)N2CCOCC2)ccc1F. The Balaban J connectivity index is 1.56. The Morgan fingerprint density at radius 1 is 1.26 bits per heavy atom. The predicted octanol–water partition coefficient (Wildman–Crippen LogP) is 1.83. The Kier molecular flexibility index (Phi) is 4.93. The lowest BCUT2D eigenvalue weighted by Gasteiger charge is -2.26. The largest absolute Gasteiger partial charge is 0.379 e. The normalized spacial score (nSPS) is 18.4. The third-order valence-electron chi connectivity index (χ3n) is 4.38. The van der Waals surface area contributed by atoms with Gasteiger partial charge in [-0.05, 0) is 31.0 Å². The molecule has 0 radical (unpaired) electrons. The Morgan fingerprint density at radius 3 is 2.70 bits per heavy atom. The van der Waals surface area contributed by atoms with Gasteiger partial charge in [-0.2, -0.15) is 4.31 Å². The van der Waals surface area contributed by atoms with E-state index in [-0.39, 0.29) is 28.7 Å². The van der Waals surface area contributed by atoms with Gasteiger partial charge in [-0.3, -0.25) is 10.1 Å². The molecule has 1 saturated heterocycles. The molecule has 144 valence electrons. The number of hydrogen-bond donors (Lipinski definition) is 1. The smallest absolute Gasteiger partial charge is 0.260 e. The lowest BCUT2D eigenvalue weighted by molar-refractivity contribution is 0.0730. The molecular formula is C16H17FN4O4S2. The molecule has 0 atom stereocenters. The number of benzene rings is 1. The van der Waals surface area contributed by atoms with Crippen molar-refractivity contribution < 1.29 is 22.3 Å². The topological polar surface area (TPSA) is 101 Å². The lowest BCUT2D eigenvalue weighted by Crippen LogP contribution is -2.40. The summed E-state index contributed by atoms with van der Waals surface area (Å²) in [5.41, 5.74) is -0.354. The molecule has 0 spiro atoms. The number of aromatic nitrogens is 2. The molecule has 0 unspecified atom stereocenters. The van der Waals surface area contributed by atoms with E-state index >= 15 is 0 Å². The molecular weight excluding hydrogens is 395 g/mol. The standard InChI is InChI=1S/C16H17FN4O4S2/c17-13-4-3-11(27(23,24)21-5-7-25-8-6-21)9-12(13)14(22)18-16-20-19-15(26-16)10-1-2-10/h3-4,9-10H,1-2,5-8H2,(H,18,20,22). The second-order valence-corrected chi connectivity index (χ2v) is 9.28. The van der Waals surface area contributed by atoms with Crippen molar-refractivity contribution in [1.29, 1.82) is 0 Å². The predicted molar refractivity (Wildman–Crippen MR) is 95.8 cm³/mol. The van der Waals surface area contributed by atoms with E-state index in [0.717, 1.165) is 36.0 Å². The van der Waals surface area contributed by atoms with Crippen LogP contribution in [0, 0.1) is 5.82 Å². The van der Waals surface area contributed by atoms with Crippen LogP contribution in [0.1, 0.15) is 34.1 Å². The minimum Gasteiger partial charge on any atom is -0.379 e. The number of carbonyl (C=O) groups is 1. The molecule has 1 aliphatic heterocycles. The van der Waals surface area contributed by atoms with Gasteiger partial charge in [-0.15, -0.1) is 10.2 Å². The van der Waals surface area contributed by atoms with Gasteiger partial charge in [-0.25, -0.2) is 12.8 Å². The van der Waals surface area contributed by atoms with Gasteiger partial charge < -0.3 is 4.74 Å². The summed E-state index contributed by atoms with van der Waals surface area (Å²) >= 11 is 1.25. The summed E-state index contributed by atoms with van der Waals surface area (Å²) in [7, 11) is -3.83. The first kappa shape index (κ1) is 18.4. The molecule has 1 aliphatic carbocycles. The summed E-state index contributed by atoms with van der Waals surface area (Å²) < 4.78 is 46.0. The summed E-state index contributed by atoms with van der Waals surface area (Å²) in [6, 6.07) is 3.20. The maximum absolute atomic E-state index is 14.2. The molecule has 1 aromatic carbocycles. The molecule has 1 amide bonds. The minimum atomic E-state index is -3.83. The molecule has 8 nitrogen and oxygen atoms in total. The maximum Gasteiger partial charge on any atom is 0.260 e. The number of amides is 1. The second-order valence-electron chi connectivity index (χ2n) is 6.33. The molecule has 2 heterocycles. The molecule has 1 aromatic heterocycles. The van der Waals surface area contributed by atoms with E-state index < -0.39 is 21.7 Å².